The molecule has 0 spiro atoms. The van der Waals surface area contributed by atoms with Crippen molar-refractivity contribution in [3.05, 3.63) is 11.6 Å². The van der Waals surface area contributed by atoms with E-state index in [1.807, 2.05) is 0 Å². The zero-order valence-corrected chi connectivity index (χ0v) is 24.3. The Kier molecular flexibility index (Phi) is 6.63. The molecule has 0 bridgehead atoms. The fourth-order valence-electron chi connectivity index (χ4n) is 10.6. The molecule has 1 saturated heterocycles. The fourth-order valence-corrected chi connectivity index (χ4v) is 10.6. The van der Waals surface area contributed by atoms with Gasteiger partial charge in [0.25, 0.3) is 0 Å². The zero-order valence-electron chi connectivity index (χ0n) is 24.3. The van der Waals surface area contributed by atoms with Crippen LogP contribution in [0.2, 0.25) is 0 Å². The first-order valence-electron chi connectivity index (χ1n) is 14.7. The lowest BCUT2D eigenvalue weighted by Gasteiger charge is -2.68. The third-order valence-corrected chi connectivity index (χ3v) is 12.7. The van der Waals surface area contributed by atoms with E-state index in [0.29, 0.717) is 24.2 Å². The summed E-state index contributed by atoms with van der Waals surface area (Å²) in [5, 5.41) is 44.0. The molecule has 0 aromatic carbocycles. The van der Waals surface area contributed by atoms with Gasteiger partial charge in [-0.3, -0.25) is 0 Å². The molecule has 37 heavy (non-hydrogen) atoms. The van der Waals surface area contributed by atoms with Crippen molar-refractivity contribution in [3.8, 4) is 0 Å². The lowest BCUT2D eigenvalue weighted by Crippen LogP contribution is -2.65. The number of hydrogen-bond acceptors (Lipinski definition) is 6. The van der Waals surface area contributed by atoms with Crippen LogP contribution in [0.15, 0.2) is 11.6 Å². The van der Waals surface area contributed by atoms with Crippen LogP contribution in [0.3, 0.4) is 0 Å². The molecule has 212 valence electrons. The Hall–Kier alpha value is -0.500. The topological polar surface area (TPSA) is 99.4 Å². The number of allylic oxidation sites excluding steroid dienone is 1. The van der Waals surface area contributed by atoms with Crippen molar-refractivity contribution in [1.82, 2.24) is 0 Å². The highest BCUT2D eigenvalue weighted by molar-refractivity contribution is 5.36. The smallest absolute Gasteiger partial charge is 0.160 e. The van der Waals surface area contributed by atoms with Gasteiger partial charge in [0.2, 0.25) is 0 Å². The van der Waals surface area contributed by atoms with Crippen molar-refractivity contribution in [2.24, 2.45) is 45.3 Å². The van der Waals surface area contributed by atoms with Crippen LogP contribution in [0.1, 0.15) is 93.4 Å². The van der Waals surface area contributed by atoms with Gasteiger partial charge in [-0.15, -0.1) is 0 Å². The Labute approximate surface area is 223 Å². The van der Waals surface area contributed by atoms with E-state index >= 15 is 0 Å². The molecular weight excluding hydrogens is 468 g/mol. The van der Waals surface area contributed by atoms with Crippen LogP contribution in [0.25, 0.3) is 0 Å². The summed E-state index contributed by atoms with van der Waals surface area (Å²) >= 11 is 0. The SMILES string of the molecule is CO[C@@H]1O[C@@H]([C@H](O)C(C)(C)O)C[C@H]1[C@@H]1CC=C2[C@@]3(C)[C@H](CC[C@]21C)[C@@]1(C)CC[C@@H](O)C(C)(C)[C@@H]1C[C@@H]3O. The molecule has 0 aromatic rings. The first-order valence-corrected chi connectivity index (χ1v) is 14.7. The second-order valence-corrected chi connectivity index (χ2v) is 15.2. The number of ether oxygens (including phenoxy) is 2. The number of rotatable bonds is 4. The molecule has 4 fully saturated rings. The number of aliphatic hydroxyl groups is 4. The first-order chi connectivity index (χ1) is 17.0. The Morgan fingerprint density at radius 1 is 1.00 bits per heavy atom. The number of methoxy groups -OCH3 is 1. The van der Waals surface area contributed by atoms with Gasteiger partial charge in [0.15, 0.2) is 6.29 Å². The molecule has 0 radical (unpaired) electrons. The molecule has 0 unspecified atom stereocenters. The molecule has 4 N–H and O–H groups in total. The molecule has 6 heteroatoms. The maximum absolute atomic E-state index is 11.9. The summed E-state index contributed by atoms with van der Waals surface area (Å²) in [5.74, 6) is 1.08. The molecule has 0 aromatic heterocycles. The lowest BCUT2D eigenvalue weighted by molar-refractivity contribution is -0.214. The van der Waals surface area contributed by atoms with Crippen molar-refractivity contribution < 1.29 is 29.9 Å². The summed E-state index contributed by atoms with van der Waals surface area (Å²) in [7, 11) is 1.67. The molecule has 4 aliphatic carbocycles. The molecule has 1 heterocycles. The highest BCUT2D eigenvalue weighted by atomic mass is 16.7. The summed E-state index contributed by atoms with van der Waals surface area (Å²) in [5.41, 5.74) is -0.307. The monoisotopic (exact) mass is 520 g/mol. The van der Waals surface area contributed by atoms with E-state index in [9.17, 15) is 20.4 Å². The zero-order chi connectivity index (χ0) is 27.3. The van der Waals surface area contributed by atoms with Crippen LogP contribution in [0.5, 0.6) is 0 Å². The molecular formula is C31H52O6. The van der Waals surface area contributed by atoms with Gasteiger partial charge >= 0.3 is 0 Å². The first kappa shape index (κ1) is 28.0. The highest BCUT2D eigenvalue weighted by Crippen LogP contribution is 2.73. The summed E-state index contributed by atoms with van der Waals surface area (Å²) in [6.45, 7) is 14.8. The Balaban J connectivity index is 1.45. The van der Waals surface area contributed by atoms with Crippen LogP contribution in [0.4, 0.5) is 0 Å². The maximum Gasteiger partial charge on any atom is 0.160 e. The van der Waals surface area contributed by atoms with Crippen molar-refractivity contribution in [2.75, 3.05) is 7.11 Å². The third kappa shape index (κ3) is 3.79. The Morgan fingerprint density at radius 3 is 2.30 bits per heavy atom. The van der Waals surface area contributed by atoms with E-state index in [-0.39, 0.29) is 33.7 Å². The number of hydrogen-bond donors (Lipinski definition) is 4. The van der Waals surface area contributed by atoms with Gasteiger partial charge < -0.3 is 29.9 Å². The number of fused-ring (bicyclic) bond motifs is 5. The molecule has 3 saturated carbocycles. The van der Waals surface area contributed by atoms with Gasteiger partial charge in [0.1, 0.15) is 6.10 Å². The fraction of sp³-hybridized carbons (Fsp3) is 0.935. The standard InChI is InChI=1S/C31H52O6/c1-27(2)22-16-24(33)31(7)20-10-9-18(17-15-19(37-26(17)36-8)25(34)28(3,4)35)29(20,5)13-11-21(31)30(22,6)14-12-23(27)32/h10,17-19,21-26,32-35H,9,11-16H2,1-8H3/t17-,18-,19+,21+,22-,23+,24-,25-,26+,29-,30+,31-/m0/s1. The highest BCUT2D eigenvalue weighted by Gasteiger charge is 2.68. The van der Waals surface area contributed by atoms with Crippen LogP contribution >= 0.6 is 0 Å². The van der Waals surface area contributed by atoms with E-state index in [2.05, 4.69) is 40.7 Å². The van der Waals surface area contributed by atoms with Gasteiger partial charge in [-0.25, -0.2) is 0 Å². The molecule has 12 atom stereocenters. The molecule has 0 amide bonds. The van der Waals surface area contributed by atoms with Gasteiger partial charge in [0, 0.05) is 18.4 Å². The maximum atomic E-state index is 11.9. The second kappa shape index (κ2) is 8.75. The van der Waals surface area contributed by atoms with E-state index in [1.54, 1.807) is 21.0 Å². The van der Waals surface area contributed by atoms with E-state index in [0.717, 1.165) is 38.5 Å². The van der Waals surface area contributed by atoms with E-state index in [4.69, 9.17) is 9.47 Å². The summed E-state index contributed by atoms with van der Waals surface area (Å²) in [6, 6.07) is 0. The van der Waals surface area contributed by atoms with Crippen molar-refractivity contribution in [3.63, 3.8) is 0 Å². The quantitative estimate of drug-likeness (QED) is 0.409. The summed E-state index contributed by atoms with van der Waals surface area (Å²) in [6.07, 6.45) is 6.10. The van der Waals surface area contributed by atoms with Gasteiger partial charge in [-0.1, -0.05) is 46.3 Å². The largest absolute Gasteiger partial charge is 0.393 e. The molecule has 5 rings (SSSR count). The van der Waals surface area contributed by atoms with Gasteiger partial charge in [-0.2, -0.15) is 0 Å². The van der Waals surface area contributed by atoms with Gasteiger partial charge in [0.05, 0.1) is 23.9 Å². The third-order valence-electron chi connectivity index (χ3n) is 12.7. The van der Waals surface area contributed by atoms with E-state index < -0.39 is 30.2 Å². The molecule has 1 aliphatic heterocycles. The summed E-state index contributed by atoms with van der Waals surface area (Å²) in [4.78, 5) is 0. The predicted molar refractivity (Wildman–Crippen MR) is 142 cm³/mol. The normalized spacial score (nSPS) is 52.2. The van der Waals surface area contributed by atoms with Crippen molar-refractivity contribution >= 4 is 0 Å². The van der Waals surface area contributed by atoms with Gasteiger partial charge in [-0.05, 0) is 92.8 Å². The minimum Gasteiger partial charge on any atom is -0.393 e. The average molecular weight is 521 g/mol. The molecule has 5 aliphatic rings. The van der Waals surface area contributed by atoms with Crippen molar-refractivity contribution in [2.45, 2.75) is 130 Å². The molecule has 6 nitrogen and oxygen atoms in total. The minimum atomic E-state index is -1.24. The predicted octanol–water partition coefficient (Wildman–Crippen LogP) is 4.43. The minimum absolute atomic E-state index is 0.0709. The lowest BCUT2D eigenvalue weighted by atomic mass is 9.37. The number of aliphatic hydroxyl groups excluding tert-OH is 3. The van der Waals surface area contributed by atoms with Crippen LogP contribution in [-0.2, 0) is 9.47 Å². The van der Waals surface area contributed by atoms with Crippen LogP contribution in [0, 0.1) is 45.3 Å². The Morgan fingerprint density at radius 2 is 1.68 bits per heavy atom. The summed E-state index contributed by atoms with van der Waals surface area (Å²) < 4.78 is 12.0. The van der Waals surface area contributed by atoms with E-state index in [1.165, 1.54) is 5.57 Å². The van der Waals surface area contributed by atoms with Crippen LogP contribution < -0.4 is 0 Å². The second-order valence-electron chi connectivity index (χ2n) is 15.2. The van der Waals surface area contributed by atoms with Crippen molar-refractivity contribution in [1.29, 1.82) is 0 Å². The van der Waals surface area contributed by atoms with Crippen LogP contribution in [-0.4, -0.2) is 63.8 Å². The Bertz CT molecular complexity index is 923. The average Bonchev–Trinajstić information content (AvgIpc) is 3.38.